The van der Waals surface area contributed by atoms with Crippen LogP contribution in [-0.4, -0.2) is 23.3 Å². The van der Waals surface area contributed by atoms with Crippen LogP contribution in [0.2, 0.25) is 0 Å². The van der Waals surface area contributed by atoms with E-state index in [4.69, 9.17) is 0 Å². The van der Waals surface area contributed by atoms with Gasteiger partial charge in [0.2, 0.25) is 5.91 Å². The summed E-state index contributed by atoms with van der Waals surface area (Å²) in [7, 11) is 0. The van der Waals surface area contributed by atoms with Gasteiger partial charge in [-0.2, -0.15) is 0 Å². The van der Waals surface area contributed by atoms with Gasteiger partial charge in [0.25, 0.3) is 5.91 Å². The summed E-state index contributed by atoms with van der Waals surface area (Å²) in [6.45, 7) is 0.00573. The topological polar surface area (TPSA) is 62.3 Å². The molecule has 0 unspecified atom stereocenters. The van der Waals surface area contributed by atoms with Crippen LogP contribution in [0, 0.1) is 0 Å². The normalized spacial score (nSPS) is 13.8. The minimum atomic E-state index is -0.247. The number of thiazole rings is 1. The van der Waals surface area contributed by atoms with E-state index in [9.17, 15) is 9.59 Å². The molecule has 0 saturated heterocycles. The lowest BCUT2D eigenvalue weighted by molar-refractivity contribution is -0.115. The fraction of sp³-hybridized carbons (Fsp3) is 0.0625. The Labute approximate surface area is 130 Å². The van der Waals surface area contributed by atoms with Crippen LogP contribution in [0.3, 0.4) is 0 Å². The van der Waals surface area contributed by atoms with Crippen LogP contribution in [0.25, 0.3) is 10.2 Å². The van der Waals surface area contributed by atoms with Crippen molar-refractivity contribution >= 4 is 44.7 Å². The minimum Gasteiger partial charge on any atom is -0.323 e. The zero-order chi connectivity index (χ0) is 15.1. The first-order valence-electron chi connectivity index (χ1n) is 6.79. The van der Waals surface area contributed by atoms with Gasteiger partial charge < -0.3 is 5.32 Å². The number of fused-ring (bicyclic) bond motifs is 2. The molecular weight excluding hydrogens is 298 g/mol. The summed E-state index contributed by atoms with van der Waals surface area (Å²) in [5, 5.41) is 3.17. The number of benzene rings is 2. The Kier molecular flexibility index (Phi) is 2.90. The predicted octanol–water partition coefficient (Wildman–Crippen LogP) is 2.90. The zero-order valence-electron chi connectivity index (χ0n) is 11.4. The van der Waals surface area contributed by atoms with Gasteiger partial charge in [-0.25, -0.2) is 4.98 Å². The first-order chi connectivity index (χ1) is 10.7. The van der Waals surface area contributed by atoms with Gasteiger partial charge in [0.15, 0.2) is 5.01 Å². The third-order valence-electron chi connectivity index (χ3n) is 3.49. The highest BCUT2D eigenvalue weighted by atomic mass is 32.1. The van der Waals surface area contributed by atoms with Crippen LogP contribution in [0.5, 0.6) is 0 Å². The van der Waals surface area contributed by atoms with Crippen LogP contribution in [0.1, 0.15) is 9.80 Å². The van der Waals surface area contributed by atoms with Crippen LogP contribution < -0.4 is 10.2 Å². The van der Waals surface area contributed by atoms with Gasteiger partial charge in [-0.1, -0.05) is 24.3 Å². The third kappa shape index (κ3) is 2.05. The molecule has 2 amide bonds. The lowest BCUT2D eigenvalue weighted by Gasteiger charge is -2.28. The number of carbonyl (C=O) groups excluding carboxylic acids is 2. The summed E-state index contributed by atoms with van der Waals surface area (Å²) in [5.41, 5.74) is 2.14. The Balaban J connectivity index is 1.78. The minimum absolute atomic E-state index is 0.00573. The highest BCUT2D eigenvalue weighted by Crippen LogP contribution is 2.31. The van der Waals surface area contributed by atoms with E-state index >= 15 is 0 Å². The molecule has 1 N–H and O–H groups in total. The largest absolute Gasteiger partial charge is 0.323 e. The van der Waals surface area contributed by atoms with Crippen molar-refractivity contribution in [2.75, 3.05) is 16.8 Å². The van der Waals surface area contributed by atoms with E-state index in [1.807, 2.05) is 42.5 Å². The maximum atomic E-state index is 12.8. The molecule has 0 bridgehead atoms. The van der Waals surface area contributed by atoms with Crippen LogP contribution in [0.15, 0.2) is 48.5 Å². The predicted molar refractivity (Wildman–Crippen MR) is 86.4 cm³/mol. The van der Waals surface area contributed by atoms with Crippen LogP contribution in [0.4, 0.5) is 11.4 Å². The van der Waals surface area contributed by atoms with Crippen molar-refractivity contribution in [2.45, 2.75) is 0 Å². The number of amides is 2. The molecule has 22 heavy (non-hydrogen) atoms. The van der Waals surface area contributed by atoms with Gasteiger partial charge in [-0.15, -0.1) is 11.3 Å². The molecule has 0 aliphatic carbocycles. The van der Waals surface area contributed by atoms with E-state index in [1.165, 1.54) is 16.2 Å². The number of carbonyl (C=O) groups is 2. The Bertz CT molecular complexity index is 870. The SMILES string of the molecule is O=C1CN(C(=O)c2nc3ccccc3s2)c2ccccc2N1. The van der Waals surface area contributed by atoms with Gasteiger partial charge >= 0.3 is 0 Å². The number of nitrogens with one attached hydrogen (secondary N) is 1. The fourth-order valence-electron chi connectivity index (χ4n) is 2.49. The molecule has 4 rings (SSSR count). The number of nitrogens with zero attached hydrogens (tertiary/aromatic N) is 2. The molecule has 6 heteroatoms. The van der Waals surface area contributed by atoms with Crippen molar-refractivity contribution in [2.24, 2.45) is 0 Å². The van der Waals surface area contributed by atoms with Gasteiger partial charge in [0.1, 0.15) is 6.54 Å². The number of hydrogen-bond acceptors (Lipinski definition) is 4. The number of hydrogen-bond donors (Lipinski definition) is 1. The van der Waals surface area contributed by atoms with Crippen molar-refractivity contribution < 1.29 is 9.59 Å². The van der Waals surface area contributed by atoms with Crippen molar-refractivity contribution in [1.29, 1.82) is 0 Å². The lowest BCUT2D eigenvalue weighted by atomic mass is 10.2. The number of aromatic nitrogens is 1. The van der Waals surface area contributed by atoms with E-state index in [-0.39, 0.29) is 18.4 Å². The van der Waals surface area contributed by atoms with Gasteiger partial charge in [0.05, 0.1) is 21.6 Å². The molecule has 2 heterocycles. The van der Waals surface area contributed by atoms with E-state index < -0.39 is 0 Å². The summed E-state index contributed by atoms with van der Waals surface area (Å²) in [6.07, 6.45) is 0. The van der Waals surface area contributed by atoms with Crippen molar-refractivity contribution in [3.63, 3.8) is 0 Å². The van der Waals surface area contributed by atoms with Gasteiger partial charge in [-0.3, -0.25) is 14.5 Å². The van der Waals surface area contributed by atoms with Crippen molar-refractivity contribution in [3.8, 4) is 0 Å². The average Bonchev–Trinajstić information content (AvgIpc) is 2.97. The maximum Gasteiger partial charge on any atom is 0.287 e. The zero-order valence-corrected chi connectivity index (χ0v) is 12.3. The molecule has 1 aromatic heterocycles. The Morgan fingerprint density at radius 1 is 1.14 bits per heavy atom. The van der Waals surface area contributed by atoms with E-state index in [2.05, 4.69) is 10.3 Å². The monoisotopic (exact) mass is 309 g/mol. The molecule has 108 valence electrons. The molecule has 1 aliphatic heterocycles. The second kappa shape index (κ2) is 4.92. The van der Waals surface area contributed by atoms with Crippen LogP contribution >= 0.6 is 11.3 Å². The molecule has 2 aromatic carbocycles. The maximum absolute atomic E-state index is 12.8. The van der Waals surface area contributed by atoms with Gasteiger partial charge in [0, 0.05) is 0 Å². The first kappa shape index (κ1) is 13.0. The quantitative estimate of drug-likeness (QED) is 0.752. The van der Waals surface area contributed by atoms with Crippen molar-refractivity contribution in [3.05, 3.63) is 53.5 Å². The number of para-hydroxylation sites is 3. The standard InChI is InChI=1S/C16H11N3O2S/c20-14-9-19(12-7-3-1-5-10(12)17-14)16(21)15-18-11-6-2-4-8-13(11)22-15/h1-8H,9H2,(H,17,20). The Morgan fingerprint density at radius 3 is 2.77 bits per heavy atom. The molecule has 3 aromatic rings. The molecule has 5 nitrogen and oxygen atoms in total. The summed E-state index contributed by atoms with van der Waals surface area (Å²) in [6, 6.07) is 14.9. The third-order valence-corrected chi connectivity index (χ3v) is 4.52. The molecule has 0 saturated carbocycles. The molecule has 0 fully saturated rings. The van der Waals surface area contributed by atoms with Gasteiger partial charge in [-0.05, 0) is 24.3 Å². The summed E-state index contributed by atoms with van der Waals surface area (Å²) < 4.78 is 0.959. The van der Waals surface area contributed by atoms with E-state index in [0.29, 0.717) is 16.4 Å². The first-order valence-corrected chi connectivity index (χ1v) is 7.60. The average molecular weight is 309 g/mol. The summed E-state index contributed by atoms with van der Waals surface area (Å²) in [4.78, 5) is 30.5. The molecule has 0 spiro atoms. The van der Waals surface area contributed by atoms with Crippen LogP contribution in [-0.2, 0) is 4.79 Å². The number of rotatable bonds is 1. The second-order valence-electron chi connectivity index (χ2n) is 4.94. The molecule has 1 aliphatic rings. The molecular formula is C16H11N3O2S. The molecule has 0 radical (unpaired) electrons. The molecule has 0 atom stereocenters. The smallest absolute Gasteiger partial charge is 0.287 e. The van der Waals surface area contributed by atoms with Crippen molar-refractivity contribution in [1.82, 2.24) is 4.98 Å². The second-order valence-corrected chi connectivity index (χ2v) is 5.97. The van der Waals surface area contributed by atoms with E-state index in [1.54, 1.807) is 6.07 Å². The Morgan fingerprint density at radius 2 is 1.91 bits per heavy atom. The highest BCUT2D eigenvalue weighted by Gasteiger charge is 2.29. The fourth-order valence-corrected chi connectivity index (χ4v) is 3.41. The lowest BCUT2D eigenvalue weighted by Crippen LogP contribution is -2.42. The summed E-state index contributed by atoms with van der Waals surface area (Å²) in [5.74, 6) is -0.448. The summed E-state index contributed by atoms with van der Waals surface area (Å²) >= 11 is 1.34. The number of anilines is 2. The Hall–Kier alpha value is -2.73. The highest BCUT2D eigenvalue weighted by molar-refractivity contribution is 7.20. The van der Waals surface area contributed by atoms with E-state index in [0.717, 1.165) is 10.2 Å².